The zero-order valence-electron chi connectivity index (χ0n) is 7.95. The molecule has 0 atom stereocenters. The molecule has 14 heavy (non-hydrogen) atoms. The first kappa shape index (κ1) is 8.75. The van der Waals surface area contributed by atoms with Gasteiger partial charge in [0.2, 0.25) is 5.91 Å². The highest BCUT2D eigenvalue weighted by molar-refractivity contribution is 6.07. The summed E-state index contributed by atoms with van der Waals surface area (Å²) in [6.45, 7) is 1.90. The fourth-order valence-electron chi connectivity index (χ4n) is 1.71. The molecule has 1 amide bonds. The highest BCUT2D eigenvalue weighted by atomic mass is 16.1. The van der Waals surface area contributed by atoms with Crippen LogP contribution in [0.3, 0.4) is 0 Å². The molecule has 0 heterocycles. The van der Waals surface area contributed by atoms with E-state index < -0.39 is 0 Å². The van der Waals surface area contributed by atoms with Crippen LogP contribution < -0.4 is 5.73 Å². The first-order chi connectivity index (χ1) is 6.70. The van der Waals surface area contributed by atoms with Crippen molar-refractivity contribution < 1.29 is 4.79 Å². The summed E-state index contributed by atoms with van der Waals surface area (Å²) in [5.74, 6) is -0.362. The van der Waals surface area contributed by atoms with Gasteiger partial charge in [0, 0.05) is 5.56 Å². The summed E-state index contributed by atoms with van der Waals surface area (Å²) in [6, 6.07) is 11.7. The Morgan fingerprint density at radius 1 is 1.14 bits per heavy atom. The van der Waals surface area contributed by atoms with Gasteiger partial charge in [0.1, 0.15) is 0 Å². The molecule has 0 aliphatic rings. The van der Waals surface area contributed by atoms with Crippen LogP contribution in [0, 0.1) is 6.92 Å². The summed E-state index contributed by atoms with van der Waals surface area (Å²) in [5, 5.41) is 1.98. The molecule has 0 bridgehead atoms. The Morgan fingerprint density at radius 2 is 1.86 bits per heavy atom. The summed E-state index contributed by atoms with van der Waals surface area (Å²) in [4.78, 5) is 11.3. The van der Waals surface area contributed by atoms with Crippen molar-refractivity contribution in [2.24, 2.45) is 5.73 Å². The lowest BCUT2D eigenvalue weighted by Gasteiger charge is -2.06. The van der Waals surface area contributed by atoms with Gasteiger partial charge in [0.15, 0.2) is 0 Å². The third kappa shape index (κ3) is 1.25. The maximum Gasteiger partial charge on any atom is 0.249 e. The van der Waals surface area contributed by atoms with E-state index in [0.29, 0.717) is 5.56 Å². The summed E-state index contributed by atoms with van der Waals surface area (Å²) in [5.41, 5.74) is 6.90. The highest BCUT2D eigenvalue weighted by Crippen LogP contribution is 2.21. The summed E-state index contributed by atoms with van der Waals surface area (Å²) in [6.07, 6.45) is 0. The van der Waals surface area contributed by atoms with Gasteiger partial charge < -0.3 is 5.73 Å². The molecule has 2 rings (SSSR count). The van der Waals surface area contributed by atoms with E-state index in [1.54, 1.807) is 0 Å². The quantitative estimate of drug-likeness (QED) is 0.727. The van der Waals surface area contributed by atoms with Crippen molar-refractivity contribution in [1.82, 2.24) is 0 Å². The van der Waals surface area contributed by atoms with Gasteiger partial charge in [-0.25, -0.2) is 0 Å². The minimum Gasteiger partial charge on any atom is -0.366 e. The van der Waals surface area contributed by atoms with E-state index in [9.17, 15) is 4.79 Å². The predicted octanol–water partition coefficient (Wildman–Crippen LogP) is 2.25. The van der Waals surface area contributed by atoms with Crippen molar-refractivity contribution in [3.05, 3.63) is 47.5 Å². The Bertz CT molecular complexity index is 503. The van der Waals surface area contributed by atoms with Crippen LogP contribution in [-0.4, -0.2) is 5.91 Å². The molecule has 0 saturated carbocycles. The molecule has 0 aliphatic heterocycles. The van der Waals surface area contributed by atoms with Gasteiger partial charge in [-0.3, -0.25) is 4.79 Å². The summed E-state index contributed by atoms with van der Waals surface area (Å²) < 4.78 is 0. The van der Waals surface area contributed by atoms with Crippen molar-refractivity contribution in [3.8, 4) is 0 Å². The number of hydrogen-bond acceptors (Lipinski definition) is 1. The number of rotatable bonds is 1. The molecule has 2 aromatic rings. The number of aryl methyl sites for hydroxylation is 1. The zero-order valence-corrected chi connectivity index (χ0v) is 7.95. The van der Waals surface area contributed by atoms with Gasteiger partial charge >= 0.3 is 0 Å². The Morgan fingerprint density at radius 3 is 2.57 bits per heavy atom. The first-order valence-corrected chi connectivity index (χ1v) is 4.48. The standard InChI is InChI=1S/C12H11NO/c1-8-6-7-9-4-2-3-5-10(9)11(8)12(13)14/h2-7H,1H3,(H2,13,14). The molecule has 0 unspecified atom stereocenters. The molecule has 2 N–H and O–H groups in total. The Hall–Kier alpha value is -1.83. The van der Waals surface area contributed by atoms with E-state index in [2.05, 4.69) is 0 Å². The number of hydrogen-bond donors (Lipinski definition) is 1. The van der Waals surface area contributed by atoms with Gasteiger partial charge in [0.25, 0.3) is 0 Å². The van der Waals surface area contributed by atoms with Gasteiger partial charge in [-0.05, 0) is 23.3 Å². The second-order valence-corrected chi connectivity index (χ2v) is 3.34. The smallest absolute Gasteiger partial charge is 0.249 e. The monoisotopic (exact) mass is 185 g/mol. The minimum atomic E-state index is -0.362. The van der Waals surface area contributed by atoms with Crippen LogP contribution in [0.25, 0.3) is 10.8 Å². The third-order valence-electron chi connectivity index (χ3n) is 2.38. The minimum absolute atomic E-state index is 0.362. The van der Waals surface area contributed by atoms with Crippen molar-refractivity contribution >= 4 is 16.7 Å². The summed E-state index contributed by atoms with van der Waals surface area (Å²) in [7, 11) is 0. The van der Waals surface area contributed by atoms with Crippen LogP contribution in [0.1, 0.15) is 15.9 Å². The molecular weight excluding hydrogens is 174 g/mol. The molecule has 0 radical (unpaired) electrons. The van der Waals surface area contributed by atoms with E-state index in [1.807, 2.05) is 43.3 Å². The highest BCUT2D eigenvalue weighted by Gasteiger charge is 2.08. The Kier molecular flexibility index (Phi) is 1.97. The molecule has 2 nitrogen and oxygen atoms in total. The van der Waals surface area contributed by atoms with E-state index in [1.165, 1.54) is 0 Å². The second kappa shape index (κ2) is 3.14. The predicted molar refractivity (Wildman–Crippen MR) is 57.2 cm³/mol. The number of primary amides is 1. The molecule has 2 aromatic carbocycles. The maximum absolute atomic E-state index is 11.3. The van der Waals surface area contributed by atoms with Crippen LogP contribution in [-0.2, 0) is 0 Å². The van der Waals surface area contributed by atoms with Crippen LogP contribution >= 0.6 is 0 Å². The summed E-state index contributed by atoms with van der Waals surface area (Å²) >= 11 is 0. The first-order valence-electron chi connectivity index (χ1n) is 4.48. The van der Waals surface area contributed by atoms with Crippen molar-refractivity contribution in [1.29, 1.82) is 0 Å². The molecule has 0 saturated heterocycles. The number of amides is 1. The maximum atomic E-state index is 11.3. The third-order valence-corrected chi connectivity index (χ3v) is 2.38. The van der Waals surface area contributed by atoms with Crippen LogP contribution in [0.4, 0.5) is 0 Å². The van der Waals surface area contributed by atoms with E-state index in [-0.39, 0.29) is 5.91 Å². The zero-order chi connectivity index (χ0) is 10.1. The van der Waals surface area contributed by atoms with E-state index in [4.69, 9.17) is 5.73 Å². The van der Waals surface area contributed by atoms with E-state index in [0.717, 1.165) is 16.3 Å². The lowest BCUT2D eigenvalue weighted by Crippen LogP contribution is -2.13. The number of benzene rings is 2. The molecule has 0 fully saturated rings. The fraction of sp³-hybridized carbons (Fsp3) is 0.0833. The van der Waals surface area contributed by atoms with Gasteiger partial charge in [0.05, 0.1) is 0 Å². The molecule has 2 heteroatoms. The van der Waals surface area contributed by atoms with Crippen LogP contribution in [0.2, 0.25) is 0 Å². The van der Waals surface area contributed by atoms with Crippen molar-refractivity contribution in [3.63, 3.8) is 0 Å². The molecule has 0 aliphatic carbocycles. The van der Waals surface area contributed by atoms with Gasteiger partial charge in [-0.2, -0.15) is 0 Å². The SMILES string of the molecule is Cc1ccc2ccccc2c1C(N)=O. The number of nitrogens with two attached hydrogens (primary N) is 1. The average molecular weight is 185 g/mol. The molecule has 0 aromatic heterocycles. The second-order valence-electron chi connectivity index (χ2n) is 3.34. The molecule has 0 spiro atoms. The van der Waals surface area contributed by atoms with Crippen molar-refractivity contribution in [2.75, 3.05) is 0 Å². The van der Waals surface area contributed by atoms with Gasteiger partial charge in [-0.1, -0.05) is 36.4 Å². The molecular formula is C12H11NO. The largest absolute Gasteiger partial charge is 0.366 e. The average Bonchev–Trinajstić information content (AvgIpc) is 2.17. The lowest BCUT2D eigenvalue weighted by atomic mass is 9.99. The normalized spacial score (nSPS) is 10.4. The Balaban J connectivity index is 2.90. The number of carbonyl (C=O) groups excluding carboxylic acids is 1. The van der Waals surface area contributed by atoms with E-state index >= 15 is 0 Å². The number of carbonyl (C=O) groups is 1. The van der Waals surface area contributed by atoms with Crippen LogP contribution in [0.5, 0.6) is 0 Å². The van der Waals surface area contributed by atoms with Crippen LogP contribution in [0.15, 0.2) is 36.4 Å². The van der Waals surface area contributed by atoms with Gasteiger partial charge in [-0.15, -0.1) is 0 Å². The van der Waals surface area contributed by atoms with Crippen molar-refractivity contribution in [2.45, 2.75) is 6.92 Å². The Labute approximate surface area is 82.3 Å². The molecule has 70 valence electrons. The fourth-order valence-corrected chi connectivity index (χ4v) is 1.71. The topological polar surface area (TPSA) is 43.1 Å². The lowest BCUT2D eigenvalue weighted by molar-refractivity contribution is 0.100. The number of fused-ring (bicyclic) bond motifs is 1.